The van der Waals surface area contributed by atoms with Crippen LogP contribution in [0.15, 0.2) is 273 Å². The first-order chi connectivity index (χ1) is 35.0. The Hall–Kier alpha value is -8.78. The molecule has 0 unspecified atom stereocenters. The van der Waals surface area contributed by atoms with Crippen LogP contribution >= 0.6 is 0 Å². The minimum atomic E-state index is -0.563. The Bertz CT molecular complexity index is 3720. The molecule has 0 aromatic heterocycles. The van der Waals surface area contributed by atoms with Gasteiger partial charge in [0.15, 0.2) is 0 Å². The van der Waals surface area contributed by atoms with E-state index >= 15 is 0 Å². The Morgan fingerprint density at radius 1 is 0.268 bits per heavy atom. The van der Waals surface area contributed by atoms with Crippen LogP contribution in [0.4, 0.5) is 17.1 Å². The van der Waals surface area contributed by atoms with E-state index in [1.54, 1.807) is 0 Å². The Balaban J connectivity index is 1.09. The quantitative estimate of drug-likeness (QED) is 0.139. The molecule has 0 spiro atoms. The van der Waals surface area contributed by atoms with Gasteiger partial charge >= 0.3 is 0 Å². The first kappa shape index (κ1) is 42.3. The molecule has 0 fully saturated rings. The topological polar surface area (TPSA) is 3.24 Å². The van der Waals surface area contributed by atoms with Gasteiger partial charge < -0.3 is 4.90 Å². The van der Waals surface area contributed by atoms with Gasteiger partial charge in [0.1, 0.15) is 0 Å². The summed E-state index contributed by atoms with van der Waals surface area (Å²) in [5, 5.41) is 0. The van der Waals surface area contributed by atoms with E-state index < -0.39 is 5.41 Å². The fourth-order valence-electron chi connectivity index (χ4n) is 12.2. The molecular weight excluding hydrogens is 855 g/mol. The molecule has 2 aliphatic rings. The zero-order valence-electron chi connectivity index (χ0n) is 39.9. The van der Waals surface area contributed by atoms with Crippen LogP contribution in [-0.2, 0) is 10.8 Å². The summed E-state index contributed by atoms with van der Waals surface area (Å²) >= 11 is 0. The van der Waals surface area contributed by atoms with Gasteiger partial charge in [0, 0.05) is 22.4 Å². The maximum absolute atomic E-state index is 2.52. The predicted molar refractivity (Wildman–Crippen MR) is 298 cm³/mol. The Morgan fingerprint density at radius 3 is 1.35 bits per heavy atom. The van der Waals surface area contributed by atoms with E-state index in [0.717, 1.165) is 17.1 Å². The zero-order valence-corrected chi connectivity index (χ0v) is 39.9. The smallest absolute Gasteiger partial charge is 0.0714 e. The molecule has 11 aromatic carbocycles. The zero-order chi connectivity index (χ0) is 47.5. The van der Waals surface area contributed by atoms with Crippen LogP contribution in [0.2, 0.25) is 0 Å². The molecule has 0 radical (unpaired) electrons. The standard InChI is InChI=1S/C70H51N/c1-69(2)62-37-19-18-34-61(62)67-56(35-21-39-64(67)69)50-41-43-53(44-42-50)71(66-40-22-36-57(49-25-9-4-10-26-49)68(66)60-33-16-15-31-55(60)48-23-7-3-8-24-48)54-45-46-59-58-32-17-20-38-63(58)70(65(59)47-54,51-27-11-5-12-28-51)52-29-13-6-14-30-52/h3-47H,1-2H3. The second-order valence-electron chi connectivity index (χ2n) is 19.5. The van der Waals surface area contributed by atoms with Crippen LogP contribution in [0.5, 0.6) is 0 Å². The van der Waals surface area contributed by atoms with Crippen LogP contribution in [0.1, 0.15) is 47.2 Å². The van der Waals surface area contributed by atoms with E-state index in [1.807, 2.05) is 0 Å². The van der Waals surface area contributed by atoms with Crippen molar-refractivity contribution in [1.29, 1.82) is 0 Å². The van der Waals surface area contributed by atoms with Crippen molar-refractivity contribution in [2.75, 3.05) is 4.90 Å². The molecule has 0 saturated heterocycles. The lowest BCUT2D eigenvalue weighted by Crippen LogP contribution is -2.28. The Labute approximate surface area is 417 Å². The molecule has 0 bridgehead atoms. The highest BCUT2D eigenvalue weighted by Crippen LogP contribution is 2.58. The van der Waals surface area contributed by atoms with Crippen molar-refractivity contribution in [3.63, 3.8) is 0 Å². The fraction of sp³-hybridized carbons (Fsp3) is 0.0571. The van der Waals surface area contributed by atoms with E-state index in [2.05, 4.69) is 292 Å². The number of hydrogen-bond donors (Lipinski definition) is 0. The first-order valence-corrected chi connectivity index (χ1v) is 24.8. The summed E-state index contributed by atoms with van der Waals surface area (Å²) in [7, 11) is 0. The summed E-state index contributed by atoms with van der Waals surface area (Å²) in [4.78, 5) is 2.52. The lowest BCUT2D eigenvalue weighted by atomic mass is 9.67. The van der Waals surface area contributed by atoms with Crippen LogP contribution < -0.4 is 4.90 Å². The van der Waals surface area contributed by atoms with E-state index in [0.29, 0.717) is 0 Å². The van der Waals surface area contributed by atoms with Crippen LogP contribution in [0.25, 0.3) is 66.8 Å². The monoisotopic (exact) mass is 905 g/mol. The minimum Gasteiger partial charge on any atom is -0.310 e. The van der Waals surface area contributed by atoms with E-state index in [4.69, 9.17) is 0 Å². The second kappa shape index (κ2) is 17.0. The van der Waals surface area contributed by atoms with E-state index in [9.17, 15) is 0 Å². The van der Waals surface area contributed by atoms with Crippen LogP contribution in [-0.4, -0.2) is 0 Å². The number of rotatable bonds is 9. The molecule has 71 heavy (non-hydrogen) atoms. The van der Waals surface area contributed by atoms with Crippen molar-refractivity contribution in [3.05, 3.63) is 306 Å². The maximum Gasteiger partial charge on any atom is 0.0714 e. The van der Waals surface area contributed by atoms with Crippen LogP contribution in [0.3, 0.4) is 0 Å². The van der Waals surface area contributed by atoms with Gasteiger partial charge in [-0.25, -0.2) is 0 Å². The average Bonchev–Trinajstić information content (AvgIpc) is 3.87. The van der Waals surface area contributed by atoms with Gasteiger partial charge in [-0.05, 0) is 125 Å². The van der Waals surface area contributed by atoms with Crippen LogP contribution in [0, 0.1) is 0 Å². The lowest BCUT2D eigenvalue weighted by Gasteiger charge is -2.35. The largest absolute Gasteiger partial charge is 0.310 e. The molecule has 1 heteroatoms. The van der Waals surface area contributed by atoms with Gasteiger partial charge in [0.25, 0.3) is 0 Å². The highest BCUT2D eigenvalue weighted by Gasteiger charge is 2.46. The van der Waals surface area contributed by atoms with Crippen molar-refractivity contribution in [1.82, 2.24) is 0 Å². The summed E-state index contributed by atoms with van der Waals surface area (Å²) in [6.45, 7) is 4.72. The average molecular weight is 906 g/mol. The minimum absolute atomic E-state index is 0.0865. The van der Waals surface area contributed by atoms with Gasteiger partial charge in [-0.3, -0.25) is 0 Å². The lowest BCUT2D eigenvalue weighted by molar-refractivity contribution is 0.660. The van der Waals surface area contributed by atoms with E-state index in [-0.39, 0.29) is 5.41 Å². The molecule has 0 heterocycles. The second-order valence-corrected chi connectivity index (χ2v) is 19.5. The summed E-state index contributed by atoms with van der Waals surface area (Å²) in [5.41, 5.74) is 25.1. The van der Waals surface area contributed by atoms with Crippen molar-refractivity contribution in [2.24, 2.45) is 0 Å². The Kier molecular flexibility index (Phi) is 10.1. The number of fused-ring (bicyclic) bond motifs is 6. The third kappa shape index (κ3) is 6.68. The molecule has 0 aliphatic heterocycles. The Morgan fingerprint density at radius 2 is 0.704 bits per heavy atom. The molecule has 11 aromatic rings. The van der Waals surface area contributed by atoms with Crippen molar-refractivity contribution in [3.8, 4) is 66.8 Å². The van der Waals surface area contributed by atoms with E-state index in [1.165, 1.54) is 100 Å². The van der Waals surface area contributed by atoms with Crippen molar-refractivity contribution in [2.45, 2.75) is 24.7 Å². The molecular formula is C70H51N. The molecule has 1 nitrogen and oxygen atoms in total. The first-order valence-electron chi connectivity index (χ1n) is 24.8. The van der Waals surface area contributed by atoms with Crippen molar-refractivity contribution >= 4 is 17.1 Å². The third-order valence-corrected chi connectivity index (χ3v) is 15.4. The maximum atomic E-state index is 2.52. The highest BCUT2D eigenvalue weighted by molar-refractivity contribution is 6.02. The molecule has 0 N–H and O–H groups in total. The molecule has 336 valence electrons. The van der Waals surface area contributed by atoms with Gasteiger partial charge in [-0.1, -0.05) is 257 Å². The summed E-state index contributed by atoms with van der Waals surface area (Å²) in [6.07, 6.45) is 0. The molecule has 2 aliphatic carbocycles. The molecule has 0 saturated carbocycles. The predicted octanol–water partition coefficient (Wildman–Crippen LogP) is 18.5. The van der Waals surface area contributed by atoms with Gasteiger partial charge in [0.05, 0.1) is 11.1 Å². The van der Waals surface area contributed by atoms with Gasteiger partial charge in [-0.15, -0.1) is 0 Å². The third-order valence-electron chi connectivity index (χ3n) is 15.4. The summed E-state index contributed by atoms with van der Waals surface area (Å²) in [6, 6.07) is 101. The number of benzene rings is 11. The molecule has 0 atom stereocenters. The number of anilines is 3. The summed E-state index contributed by atoms with van der Waals surface area (Å²) < 4.78 is 0. The summed E-state index contributed by atoms with van der Waals surface area (Å²) in [5.74, 6) is 0. The number of nitrogens with zero attached hydrogens (tertiary/aromatic N) is 1. The fourth-order valence-corrected chi connectivity index (χ4v) is 12.2. The van der Waals surface area contributed by atoms with Gasteiger partial charge in [0.2, 0.25) is 0 Å². The molecule has 0 amide bonds. The van der Waals surface area contributed by atoms with Crippen molar-refractivity contribution < 1.29 is 0 Å². The highest BCUT2D eigenvalue weighted by atomic mass is 15.1. The van der Waals surface area contributed by atoms with Gasteiger partial charge in [-0.2, -0.15) is 0 Å². The number of hydrogen-bond acceptors (Lipinski definition) is 1. The normalized spacial score (nSPS) is 13.4. The molecule has 13 rings (SSSR count). The SMILES string of the molecule is CC1(C)c2ccccc2-c2c(-c3ccc(N(c4ccc5c(c4)C(c4ccccc4)(c4ccccc4)c4ccccc4-5)c4cccc(-c5ccccc5)c4-c4ccccc4-c4ccccc4)cc3)cccc21.